The third-order valence-corrected chi connectivity index (χ3v) is 5.18. The van der Waals surface area contributed by atoms with Gasteiger partial charge in [-0.2, -0.15) is 0 Å². The summed E-state index contributed by atoms with van der Waals surface area (Å²) in [4.78, 5) is 1.11. The van der Waals surface area contributed by atoms with Crippen LogP contribution in [0.25, 0.3) is 0 Å². The first-order valence-corrected chi connectivity index (χ1v) is 7.47. The van der Waals surface area contributed by atoms with Gasteiger partial charge in [-0.15, -0.1) is 11.3 Å². The molecular weight excluding hydrogens is 369 g/mol. The highest BCUT2D eigenvalue weighted by Crippen LogP contribution is 2.31. The van der Waals surface area contributed by atoms with Crippen molar-refractivity contribution in [1.29, 1.82) is 0 Å². The molecule has 0 aliphatic heterocycles. The van der Waals surface area contributed by atoms with Gasteiger partial charge in [-0.3, -0.25) is 0 Å². The van der Waals surface area contributed by atoms with Crippen LogP contribution in [0.5, 0.6) is 0 Å². The van der Waals surface area contributed by atoms with Crippen LogP contribution >= 0.6 is 43.2 Å². The van der Waals surface area contributed by atoms with Crippen LogP contribution in [-0.4, -0.2) is 0 Å². The zero-order valence-corrected chi connectivity index (χ0v) is 12.8. The Morgan fingerprint density at radius 3 is 2.59 bits per heavy atom. The Bertz CT molecular complexity index is 527. The minimum absolute atomic E-state index is 0.0777. The van der Waals surface area contributed by atoms with E-state index in [1.807, 2.05) is 11.4 Å². The van der Waals surface area contributed by atoms with Crippen molar-refractivity contribution in [3.63, 3.8) is 0 Å². The summed E-state index contributed by atoms with van der Waals surface area (Å²) in [5.41, 5.74) is 7.16. The smallest absolute Gasteiger partial charge is 0.124 e. The Kier molecular flexibility index (Phi) is 4.36. The second-order valence-electron chi connectivity index (χ2n) is 3.68. The van der Waals surface area contributed by atoms with Crippen LogP contribution in [-0.2, 0) is 6.42 Å². The third kappa shape index (κ3) is 3.16. The van der Waals surface area contributed by atoms with Gasteiger partial charge < -0.3 is 5.73 Å². The van der Waals surface area contributed by atoms with E-state index in [9.17, 15) is 4.39 Å². The van der Waals surface area contributed by atoms with Crippen molar-refractivity contribution in [3.05, 3.63) is 54.8 Å². The van der Waals surface area contributed by atoms with Gasteiger partial charge in [-0.1, -0.05) is 22.0 Å². The van der Waals surface area contributed by atoms with E-state index >= 15 is 0 Å². The molecule has 1 aromatic heterocycles. The molecule has 90 valence electrons. The molecule has 2 aromatic rings. The third-order valence-electron chi connectivity index (χ3n) is 2.44. The summed E-state index contributed by atoms with van der Waals surface area (Å²) in [6.45, 7) is 0. The maximum Gasteiger partial charge on any atom is 0.124 e. The molecule has 0 fully saturated rings. The molecule has 1 nitrogen and oxygen atoms in total. The predicted octanol–water partition coefficient (Wildman–Crippen LogP) is 4.65. The zero-order chi connectivity index (χ0) is 12.4. The fourth-order valence-corrected chi connectivity index (χ4v) is 3.77. The minimum Gasteiger partial charge on any atom is -0.323 e. The zero-order valence-electron chi connectivity index (χ0n) is 8.79. The van der Waals surface area contributed by atoms with Crippen LogP contribution in [0.15, 0.2) is 38.6 Å². The van der Waals surface area contributed by atoms with Crippen molar-refractivity contribution in [2.45, 2.75) is 12.5 Å². The first-order chi connectivity index (χ1) is 8.08. The van der Waals surface area contributed by atoms with Crippen LogP contribution in [0.4, 0.5) is 4.39 Å². The number of thiophene rings is 1. The average molecular weight is 379 g/mol. The van der Waals surface area contributed by atoms with Gasteiger partial charge in [-0.25, -0.2) is 4.39 Å². The SMILES string of the molecule is NC(Cc1ccc(F)cc1Br)c1sccc1Br. The first kappa shape index (κ1) is 13.2. The van der Waals surface area contributed by atoms with Crippen LogP contribution in [0.3, 0.4) is 0 Å². The molecule has 17 heavy (non-hydrogen) atoms. The molecule has 1 atom stereocenters. The van der Waals surface area contributed by atoms with E-state index in [0.717, 1.165) is 19.4 Å². The molecule has 0 radical (unpaired) electrons. The highest BCUT2D eigenvalue weighted by molar-refractivity contribution is 9.10. The maximum absolute atomic E-state index is 13.0. The van der Waals surface area contributed by atoms with Gasteiger partial charge in [0.2, 0.25) is 0 Å². The topological polar surface area (TPSA) is 26.0 Å². The number of hydrogen-bond acceptors (Lipinski definition) is 2. The molecule has 0 aliphatic carbocycles. The average Bonchev–Trinajstić information content (AvgIpc) is 2.68. The molecule has 0 bridgehead atoms. The molecule has 0 saturated carbocycles. The quantitative estimate of drug-likeness (QED) is 0.826. The minimum atomic E-state index is -0.244. The van der Waals surface area contributed by atoms with Crippen molar-refractivity contribution in [2.24, 2.45) is 5.73 Å². The van der Waals surface area contributed by atoms with E-state index in [0.29, 0.717) is 6.42 Å². The Morgan fingerprint density at radius 2 is 2.00 bits per heavy atom. The highest BCUT2D eigenvalue weighted by atomic mass is 79.9. The van der Waals surface area contributed by atoms with Crippen LogP contribution in [0, 0.1) is 5.82 Å². The molecular formula is C12H10Br2FNS. The fraction of sp³-hybridized carbons (Fsp3) is 0.167. The van der Waals surface area contributed by atoms with Crippen molar-refractivity contribution in [1.82, 2.24) is 0 Å². The summed E-state index contributed by atoms with van der Waals surface area (Å²) >= 11 is 8.45. The van der Waals surface area contributed by atoms with E-state index in [1.165, 1.54) is 12.1 Å². The molecule has 1 aromatic carbocycles. The molecule has 0 saturated heterocycles. The van der Waals surface area contributed by atoms with E-state index in [1.54, 1.807) is 17.4 Å². The summed E-state index contributed by atoms with van der Waals surface area (Å²) in [6, 6.07) is 6.59. The van der Waals surface area contributed by atoms with Crippen LogP contribution < -0.4 is 5.73 Å². The lowest BCUT2D eigenvalue weighted by atomic mass is 10.1. The molecule has 0 spiro atoms. The van der Waals surface area contributed by atoms with E-state index < -0.39 is 0 Å². The summed E-state index contributed by atoms with van der Waals surface area (Å²) in [6.07, 6.45) is 0.681. The molecule has 1 unspecified atom stereocenters. The van der Waals surface area contributed by atoms with Gasteiger partial charge in [0, 0.05) is 19.9 Å². The van der Waals surface area contributed by atoms with Crippen molar-refractivity contribution < 1.29 is 4.39 Å². The Balaban J connectivity index is 2.19. The number of rotatable bonds is 3. The van der Waals surface area contributed by atoms with Gasteiger partial charge >= 0.3 is 0 Å². The van der Waals surface area contributed by atoms with E-state index in [2.05, 4.69) is 31.9 Å². The number of hydrogen-bond donors (Lipinski definition) is 1. The standard InChI is InChI=1S/C12H10Br2FNS/c13-9-3-4-17-12(9)11(16)5-7-1-2-8(15)6-10(7)14/h1-4,6,11H,5,16H2. The maximum atomic E-state index is 13.0. The van der Waals surface area contributed by atoms with Crippen LogP contribution in [0.1, 0.15) is 16.5 Å². The molecule has 0 amide bonds. The normalized spacial score (nSPS) is 12.7. The molecule has 1 heterocycles. The van der Waals surface area contributed by atoms with Gasteiger partial charge in [0.15, 0.2) is 0 Å². The molecule has 2 rings (SSSR count). The Hall–Kier alpha value is -0.230. The lowest BCUT2D eigenvalue weighted by Gasteiger charge is -2.12. The fourth-order valence-electron chi connectivity index (χ4n) is 1.59. The second kappa shape index (κ2) is 5.61. The van der Waals surface area contributed by atoms with Gasteiger partial charge in [0.1, 0.15) is 5.82 Å². The largest absolute Gasteiger partial charge is 0.323 e. The lowest BCUT2D eigenvalue weighted by molar-refractivity contribution is 0.624. The van der Waals surface area contributed by atoms with E-state index in [4.69, 9.17) is 5.73 Å². The summed E-state index contributed by atoms with van der Waals surface area (Å²) in [5.74, 6) is -0.244. The predicted molar refractivity (Wildman–Crippen MR) is 76.8 cm³/mol. The highest BCUT2D eigenvalue weighted by Gasteiger charge is 2.13. The molecule has 0 aliphatic rings. The van der Waals surface area contributed by atoms with Gasteiger partial charge in [-0.05, 0) is 51.5 Å². The molecule has 2 N–H and O–H groups in total. The van der Waals surface area contributed by atoms with Gasteiger partial charge in [0.25, 0.3) is 0 Å². The number of nitrogens with two attached hydrogens (primary N) is 1. The number of benzene rings is 1. The van der Waals surface area contributed by atoms with E-state index in [-0.39, 0.29) is 11.9 Å². The summed E-state index contributed by atoms with van der Waals surface area (Å²) in [5, 5.41) is 2.00. The van der Waals surface area contributed by atoms with Gasteiger partial charge in [0.05, 0.1) is 0 Å². The summed E-state index contributed by atoms with van der Waals surface area (Å²) in [7, 11) is 0. The van der Waals surface area contributed by atoms with Crippen LogP contribution in [0.2, 0.25) is 0 Å². The van der Waals surface area contributed by atoms with Crippen molar-refractivity contribution >= 4 is 43.2 Å². The Morgan fingerprint density at radius 1 is 1.24 bits per heavy atom. The first-order valence-electron chi connectivity index (χ1n) is 5.00. The Labute approximate surface area is 120 Å². The molecule has 5 heteroatoms. The monoisotopic (exact) mass is 377 g/mol. The van der Waals surface area contributed by atoms with Crippen molar-refractivity contribution in [2.75, 3.05) is 0 Å². The lowest BCUT2D eigenvalue weighted by Crippen LogP contribution is -2.12. The summed E-state index contributed by atoms with van der Waals surface area (Å²) < 4.78 is 14.8. The second-order valence-corrected chi connectivity index (χ2v) is 6.34. The number of halogens is 3. The van der Waals surface area contributed by atoms with Crippen molar-refractivity contribution in [3.8, 4) is 0 Å².